The molecule has 0 atom stereocenters. The van der Waals surface area contributed by atoms with Crippen LogP contribution in [0.15, 0.2) is 48.8 Å². The molecule has 5 heteroatoms. The second-order valence-corrected chi connectivity index (χ2v) is 4.05. The third-order valence-corrected chi connectivity index (χ3v) is 2.61. The lowest BCUT2D eigenvalue weighted by molar-refractivity contribution is -0.111. The van der Waals surface area contributed by atoms with Crippen LogP contribution in [0.1, 0.15) is 5.56 Å². The van der Waals surface area contributed by atoms with E-state index in [1.165, 1.54) is 6.20 Å². The second-order valence-electron chi connectivity index (χ2n) is 4.05. The maximum atomic E-state index is 11.7. The molecule has 0 aromatic heterocycles. The van der Waals surface area contributed by atoms with E-state index < -0.39 is 5.91 Å². The molecule has 0 unspecified atom stereocenters. The van der Waals surface area contributed by atoms with Gasteiger partial charge < -0.3 is 4.98 Å². The number of nitrogens with one attached hydrogen (secondary N) is 2. The highest BCUT2D eigenvalue weighted by Gasteiger charge is 2.06. The molecule has 0 spiro atoms. The molecule has 3 rings (SSSR count). The quantitative estimate of drug-likeness (QED) is 0.658. The Morgan fingerprint density at radius 3 is 2.85 bits per heavy atom. The van der Waals surface area contributed by atoms with Crippen LogP contribution in [0.3, 0.4) is 0 Å². The summed E-state index contributed by atoms with van der Waals surface area (Å²) in [5.74, 6) is 6.01. The third kappa shape index (κ3) is 2.65. The lowest BCUT2D eigenvalue weighted by atomic mass is 10.2. The van der Waals surface area contributed by atoms with Gasteiger partial charge in [0.1, 0.15) is 5.82 Å². The van der Waals surface area contributed by atoms with Crippen molar-refractivity contribution in [3.05, 3.63) is 54.4 Å². The maximum absolute atomic E-state index is 11.7. The molecule has 1 aromatic carbocycles. The molecule has 2 aliphatic rings. The number of amides is 1. The zero-order valence-electron chi connectivity index (χ0n) is 10.4. The highest BCUT2D eigenvalue weighted by atomic mass is 16.1. The number of hydrogen-bond acceptors (Lipinski definition) is 3. The van der Waals surface area contributed by atoms with Gasteiger partial charge in [0.25, 0.3) is 0 Å². The number of anilines is 1. The van der Waals surface area contributed by atoms with Crippen molar-refractivity contribution in [2.45, 2.75) is 0 Å². The average Bonchev–Trinajstić information content (AvgIpc) is 2.94. The Bertz CT molecular complexity index is 767. The summed E-state index contributed by atoms with van der Waals surface area (Å²) in [6.07, 6.45) is 3.16. The molecule has 5 nitrogen and oxygen atoms in total. The van der Waals surface area contributed by atoms with Crippen LogP contribution in [0, 0.1) is 11.8 Å². The third-order valence-electron chi connectivity index (χ3n) is 2.61. The Kier molecular flexibility index (Phi) is 3.13. The van der Waals surface area contributed by atoms with E-state index >= 15 is 0 Å². The molecule has 2 heterocycles. The largest absolute Gasteiger partial charge is 0.337 e. The summed E-state index contributed by atoms with van der Waals surface area (Å²) >= 11 is 0. The SMILES string of the molecule is O=C(C#Cc1ccccc1)Nc1cnc2nccc-2[nH]1. The highest BCUT2D eigenvalue weighted by molar-refractivity contribution is 6.03. The number of carbonyl (C=O) groups is 1. The lowest BCUT2D eigenvalue weighted by Crippen LogP contribution is -2.10. The Hall–Kier alpha value is -3.13. The molecule has 1 amide bonds. The number of rotatable bonds is 1. The van der Waals surface area contributed by atoms with Crippen molar-refractivity contribution in [3.8, 4) is 23.4 Å². The van der Waals surface area contributed by atoms with E-state index in [-0.39, 0.29) is 0 Å². The first-order valence-corrected chi connectivity index (χ1v) is 5.99. The van der Waals surface area contributed by atoms with Gasteiger partial charge in [-0.3, -0.25) is 10.1 Å². The van der Waals surface area contributed by atoms with Gasteiger partial charge in [0.2, 0.25) is 0 Å². The van der Waals surface area contributed by atoms with Crippen molar-refractivity contribution in [2.75, 3.05) is 5.32 Å². The Balaban J connectivity index is 1.73. The number of H-pyrrole nitrogens is 1. The molecule has 0 saturated heterocycles. The number of fused-ring (bicyclic) bond motifs is 1. The summed E-state index contributed by atoms with van der Waals surface area (Å²) < 4.78 is 0. The smallest absolute Gasteiger partial charge is 0.301 e. The molecule has 1 aromatic rings. The lowest BCUT2D eigenvalue weighted by Gasteiger charge is -2.03. The molecular weight excluding hydrogens is 252 g/mol. The standard InChI is InChI=1S/C15H10N4O/c20-14(7-6-11-4-2-1-3-5-11)19-13-10-17-15-12(18-13)8-9-16-15/h1-5,8-10,18H,(H,19,20). The van der Waals surface area contributed by atoms with E-state index in [0.717, 1.165) is 11.3 Å². The van der Waals surface area contributed by atoms with Gasteiger partial charge in [0, 0.05) is 17.7 Å². The second kappa shape index (κ2) is 5.24. The van der Waals surface area contributed by atoms with Gasteiger partial charge in [0.05, 0.1) is 11.9 Å². The maximum Gasteiger partial charge on any atom is 0.301 e. The first-order chi connectivity index (χ1) is 9.81. The summed E-state index contributed by atoms with van der Waals surface area (Å²) in [5.41, 5.74) is 1.55. The van der Waals surface area contributed by atoms with Gasteiger partial charge in [-0.1, -0.05) is 24.1 Å². The summed E-state index contributed by atoms with van der Waals surface area (Å²) in [4.78, 5) is 22.9. The summed E-state index contributed by atoms with van der Waals surface area (Å²) in [6, 6.07) is 11.1. The van der Waals surface area contributed by atoms with Crippen LogP contribution in [0.25, 0.3) is 11.5 Å². The molecule has 20 heavy (non-hydrogen) atoms. The topological polar surface area (TPSA) is 70.7 Å². The Labute approximate surface area is 115 Å². The van der Waals surface area contributed by atoms with Crippen LogP contribution < -0.4 is 5.32 Å². The first kappa shape index (κ1) is 11.9. The number of benzene rings is 1. The van der Waals surface area contributed by atoms with E-state index in [0.29, 0.717) is 11.6 Å². The molecule has 2 aliphatic heterocycles. The van der Waals surface area contributed by atoms with Crippen LogP contribution >= 0.6 is 0 Å². The molecule has 0 aliphatic carbocycles. The number of hydrogen-bond donors (Lipinski definition) is 2. The van der Waals surface area contributed by atoms with Crippen molar-refractivity contribution in [2.24, 2.45) is 0 Å². The minimum Gasteiger partial charge on any atom is -0.337 e. The molecule has 0 saturated carbocycles. The normalized spacial score (nSPS) is 9.80. The van der Waals surface area contributed by atoms with Gasteiger partial charge in [-0.25, -0.2) is 9.97 Å². The van der Waals surface area contributed by atoms with Gasteiger partial charge in [-0.05, 0) is 18.2 Å². The number of aromatic amines is 1. The molecule has 96 valence electrons. The van der Waals surface area contributed by atoms with Crippen molar-refractivity contribution in [3.63, 3.8) is 0 Å². The van der Waals surface area contributed by atoms with Crippen LogP contribution in [-0.4, -0.2) is 20.9 Å². The monoisotopic (exact) mass is 262 g/mol. The minimum absolute atomic E-state index is 0.397. The number of carbonyl (C=O) groups excluding carboxylic acids is 1. The molecule has 0 fully saturated rings. The van der Waals surface area contributed by atoms with Crippen molar-refractivity contribution >= 4 is 11.7 Å². The van der Waals surface area contributed by atoms with Crippen molar-refractivity contribution in [1.82, 2.24) is 15.0 Å². The van der Waals surface area contributed by atoms with Gasteiger partial charge >= 0.3 is 5.91 Å². The molecule has 2 N–H and O–H groups in total. The van der Waals surface area contributed by atoms with E-state index in [1.807, 2.05) is 30.3 Å². The Morgan fingerprint density at radius 2 is 2.00 bits per heavy atom. The fraction of sp³-hybridized carbons (Fsp3) is 0. The van der Waals surface area contributed by atoms with E-state index in [1.54, 1.807) is 12.3 Å². The van der Waals surface area contributed by atoms with Crippen LogP contribution in [0.2, 0.25) is 0 Å². The minimum atomic E-state index is -0.397. The number of nitrogens with zero attached hydrogens (tertiary/aromatic N) is 2. The van der Waals surface area contributed by atoms with Crippen molar-refractivity contribution < 1.29 is 4.79 Å². The van der Waals surface area contributed by atoms with Crippen LogP contribution in [0.5, 0.6) is 0 Å². The van der Waals surface area contributed by atoms with Gasteiger partial charge in [0.15, 0.2) is 5.82 Å². The van der Waals surface area contributed by atoms with E-state index in [9.17, 15) is 4.79 Å². The molecule has 0 radical (unpaired) electrons. The van der Waals surface area contributed by atoms with Crippen LogP contribution in [-0.2, 0) is 4.79 Å². The first-order valence-electron chi connectivity index (χ1n) is 5.99. The van der Waals surface area contributed by atoms with Crippen LogP contribution in [0.4, 0.5) is 5.82 Å². The molecule has 0 bridgehead atoms. The highest BCUT2D eigenvalue weighted by Crippen LogP contribution is 2.15. The fourth-order valence-corrected chi connectivity index (χ4v) is 1.70. The Morgan fingerprint density at radius 1 is 1.15 bits per heavy atom. The summed E-state index contributed by atoms with van der Waals surface area (Å²) in [6.45, 7) is 0. The predicted octanol–water partition coefficient (Wildman–Crippen LogP) is 1.90. The van der Waals surface area contributed by atoms with Crippen molar-refractivity contribution in [1.29, 1.82) is 0 Å². The van der Waals surface area contributed by atoms with Gasteiger partial charge in [-0.2, -0.15) is 0 Å². The summed E-state index contributed by atoms with van der Waals surface area (Å²) in [5, 5.41) is 2.64. The average molecular weight is 262 g/mol. The zero-order valence-corrected chi connectivity index (χ0v) is 10.4. The van der Waals surface area contributed by atoms with E-state index in [2.05, 4.69) is 32.1 Å². The summed E-state index contributed by atoms with van der Waals surface area (Å²) in [7, 11) is 0. The fourth-order valence-electron chi connectivity index (χ4n) is 1.70. The van der Waals surface area contributed by atoms with E-state index in [4.69, 9.17) is 0 Å². The molecular formula is C15H10N4O. The van der Waals surface area contributed by atoms with Gasteiger partial charge in [-0.15, -0.1) is 0 Å². The zero-order chi connectivity index (χ0) is 13.8. The number of aromatic nitrogens is 3. The predicted molar refractivity (Wildman–Crippen MR) is 75.0 cm³/mol.